The first kappa shape index (κ1) is 16.0. The molecule has 0 unspecified atom stereocenters. The van der Waals surface area contributed by atoms with Gasteiger partial charge in [-0.1, -0.05) is 29.1 Å². The van der Waals surface area contributed by atoms with Gasteiger partial charge in [0.1, 0.15) is 5.82 Å². The Balaban J connectivity index is 1.77. The van der Waals surface area contributed by atoms with Gasteiger partial charge in [0.05, 0.1) is 6.21 Å². The van der Waals surface area contributed by atoms with Crippen molar-refractivity contribution in [1.29, 1.82) is 0 Å². The summed E-state index contributed by atoms with van der Waals surface area (Å²) in [5, 5.41) is 11.5. The van der Waals surface area contributed by atoms with Gasteiger partial charge in [-0.15, -0.1) is 0 Å². The molecule has 23 heavy (non-hydrogen) atoms. The van der Waals surface area contributed by atoms with E-state index in [4.69, 9.17) is 9.94 Å². The van der Waals surface area contributed by atoms with Gasteiger partial charge in [0.2, 0.25) is 0 Å². The fourth-order valence-electron chi connectivity index (χ4n) is 2.73. The van der Waals surface area contributed by atoms with E-state index in [2.05, 4.69) is 11.2 Å². The van der Waals surface area contributed by atoms with E-state index in [0.717, 1.165) is 47.0 Å². The van der Waals surface area contributed by atoms with Crippen LogP contribution in [0.15, 0.2) is 57.4 Å². The lowest BCUT2D eigenvalue weighted by Crippen LogP contribution is -2.14. The number of nitrogens with zero attached hydrogens (tertiary/aromatic N) is 1. The van der Waals surface area contributed by atoms with E-state index in [-0.39, 0.29) is 5.82 Å². The second-order valence-corrected chi connectivity index (χ2v) is 6.67. The maximum absolute atomic E-state index is 14.0. The van der Waals surface area contributed by atoms with Crippen molar-refractivity contribution in [2.75, 3.05) is 13.2 Å². The third-order valence-corrected chi connectivity index (χ3v) is 4.89. The summed E-state index contributed by atoms with van der Waals surface area (Å²) in [7, 11) is 0. The van der Waals surface area contributed by atoms with Crippen LogP contribution in [-0.4, -0.2) is 24.6 Å². The highest BCUT2D eigenvalue weighted by molar-refractivity contribution is 7.99. The molecule has 0 aliphatic carbocycles. The van der Waals surface area contributed by atoms with Crippen LogP contribution in [0.25, 0.3) is 0 Å². The topological polar surface area (TPSA) is 41.8 Å². The normalized spacial score (nSPS) is 16.0. The molecule has 2 aromatic carbocycles. The quantitative estimate of drug-likeness (QED) is 0.502. The van der Waals surface area contributed by atoms with Gasteiger partial charge in [-0.2, -0.15) is 0 Å². The van der Waals surface area contributed by atoms with Gasteiger partial charge >= 0.3 is 0 Å². The molecule has 3 nitrogen and oxygen atoms in total. The summed E-state index contributed by atoms with van der Waals surface area (Å²) in [5.74, 6) is 0.183. The molecule has 2 aromatic rings. The second-order valence-electron chi connectivity index (χ2n) is 5.52. The SMILES string of the molecule is O/N=C/c1ccc(Sc2cc(F)cc(C3CCOCC3)c2)cc1. The highest BCUT2D eigenvalue weighted by atomic mass is 32.2. The van der Waals surface area contributed by atoms with Crippen LogP contribution in [0.3, 0.4) is 0 Å². The fraction of sp³-hybridized carbons (Fsp3) is 0.278. The first-order valence-electron chi connectivity index (χ1n) is 7.58. The molecule has 0 spiro atoms. The summed E-state index contributed by atoms with van der Waals surface area (Å²) in [5.41, 5.74) is 1.87. The molecule has 0 saturated carbocycles. The van der Waals surface area contributed by atoms with Crippen molar-refractivity contribution in [2.45, 2.75) is 28.6 Å². The maximum Gasteiger partial charge on any atom is 0.124 e. The molecule has 0 bridgehead atoms. The molecule has 0 atom stereocenters. The summed E-state index contributed by atoms with van der Waals surface area (Å²) in [6.07, 6.45) is 3.27. The Morgan fingerprint density at radius 2 is 1.83 bits per heavy atom. The first-order chi connectivity index (χ1) is 11.2. The van der Waals surface area contributed by atoms with E-state index in [1.165, 1.54) is 18.0 Å². The Hall–Kier alpha value is -1.85. The Labute approximate surface area is 139 Å². The molecular formula is C18H18FNO2S. The third kappa shape index (κ3) is 4.33. The predicted octanol–water partition coefficient (Wildman–Crippen LogP) is 4.68. The molecule has 1 N–H and O–H groups in total. The Morgan fingerprint density at radius 3 is 2.52 bits per heavy atom. The van der Waals surface area contributed by atoms with Gasteiger partial charge in [-0.25, -0.2) is 4.39 Å². The largest absolute Gasteiger partial charge is 0.411 e. The highest BCUT2D eigenvalue weighted by Crippen LogP contribution is 2.33. The van der Waals surface area contributed by atoms with Crippen molar-refractivity contribution in [3.63, 3.8) is 0 Å². The van der Waals surface area contributed by atoms with Crippen molar-refractivity contribution in [3.8, 4) is 0 Å². The monoisotopic (exact) mass is 331 g/mol. The second kappa shape index (κ2) is 7.62. The molecule has 0 amide bonds. The highest BCUT2D eigenvalue weighted by Gasteiger charge is 2.17. The number of rotatable bonds is 4. The number of halogens is 1. The van der Waals surface area contributed by atoms with Crippen molar-refractivity contribution in [3.05, 3.63) is 59.4 Å². The predicted molar refractivity (Wildman–Crippen MR) is 89.1 cm³/mol. The lowest BCUT2D eigenvalue weighted by Gasteiger charge is -2.22. The van der Waals surface area contributed by atoms with Crippen LogP contribution in [0, 0.1) is 5.82 Å². The minimum absolute atomic E-state index is 0.194. The zero-order valence-corrected chi connectivity index (χ0v) is 13.4. The van der Waals surface area contributed by atoms with Gasteiger partial charge in [0.25, 0.3) is 0 Å². The van der Waals surface area contributed by atoms with Crippen molar-refractivity contribution in [1.82, 2.24) is 0 Å². The zero-order valence-electron chi connectivity index (χ0n) is 12.6. The van der Waals surface area contributed by atoms with Crippen LogP contribution >= 0.6 is 11.8 Å². The van der Waals surface area contributed by atoms with E-state index in [9.17, 15) is 4.39 Å². The Kier molecular flexibility index (Phi) is 5.31. The van der Waals surface area contributed by atoms with Crippen molar-refractivity contribution in [2.24, 2.45) is 5.16 Å². The minimum Gasteiger partial charge on any atom is -0.411 e. The van der Waals surface area contributed by atoms with Crippen molar-refractivity contribution >= 4 is 18.0 Å². The smallest absolute Gasteiger partial charge is 0.124 e. The molecule has 0 radical (unpaired) electrons. The van der Waals surface area contributed by atoms with Gasteiger partial charge in [0, 0.05) is 23.0 Å². The summed E-state index contributed by atoms with van der Waals surface area (Å²) in [4.78, 5) is 1.92. The lowest BCUT2D eigenvalue weighted by atomic mass is 9.92. The standard InChI is InChI=1S/C18H18FNO2S/c19-16-9-15(14-5-7-22-8-6-14)10-18(11-16)23-17-3-1-13(2-4-17)12-20-21/h1-4,9-12,14,21H,5-8H2/b20-12+. The molecule has 1 saturated heterocycles. The molecule has 1 heterocycles. The number of benzene rings is 2. The fourth-order valence-corrected chi connectivity index (χ4v) is 3.65. The van der Waals surface area contributed by atoms with Crippen LogP contribution < -0.4 is 0 Å². The molecule has 0 aromatic heterocycles. The average molecular weight is 331 g/mol. The number of oxime groups is 1. The lowest BCUT2D eigenvalue weighted by molar-refractivity contribution is 0.0852. The van der Waals surface area contributed by atoms with E-state index >= 15 is 0 Å². The molecule has 5 heteroatoms. The van der Waals surface area contributed by atoms with Crippen LogP contribution in [0.4, 0.5) is 4.39 Å². The van der Waals surface area contributed by atoms with Crippen LogP contribution in [0.1, 0.15) is 29.9 Å². The first-order valence-corrected chi connectivity index (χ1v) is 8.40. The van der Waals surface area contributed by atoms with Gasteiger partial charge in [0.15, 0.2) is 0 Å². The zero-order chi connectivity index (χ0) is 16.1. The minimum atomic E-state index is -0.194. The summed E-state index contributed by atoms with van der Waals surface area (Å²) in [6.45, 7) is 1.50. The van der Waals surface area contributed by atoms with Crippen molar-refractivity contribution < 1.29 is 14.3 Å². The van der Waals surface area contributed by atoms with Crippen LogP contribution in [0.2, 0.25) is 0 Å². The molecule has 120 valence electrons. The average Bonchev–Trinajstić information content (AvgIpc) is 2.57. The van der Waals surface area contributed by atoms with E-state index in [0.29, 0.717) is 5.92 Å². The molecular weight excluding hydrogens is 313 g/mol. The van der Waals surface area contributed by atoms with Gasteiger partial charge < -0.3 is 9.94 Å². The number of hydrogen-bond donors (Lipinski definition) is 1. The van der Waals surface area contributed by atoms with Gasteiger partial charge in [-0.3, -0.25) is 0 Å². The summed E-state index contributed by atoms with van der Waals surface area (Å²) < 4.78 is 19.3. The summed E-state index contributed by atoms with van der Waals surface area (Å²) in [6, 6.07) is 12.9. The van der Waals surface area contributed by atoms with E-state index in [1.807, 2.05) is 24.3 Å². The number of hydrogen-bond acceptors (Lipinski definition) is 4. The van der Waals surface area contributed by atoms with E-state index < -0.39 is 0 Å². The molecule has 3 rings (SSSR count). The third-order valence-electron chi connectivity index (χ3n) is 3.91. The van der Waals surface area contributed by atoms with Crippen LogP contribution in [0.5, 0.6) is 0 Å². The maximum atomic E-state index is 14.0. The van der Waals surface area contributed by atoms with E-state index in [1.54, 1.807) is 12.1 Å². The van der Waals surface area contributed by atoms with Crippen LogP contribution in [-0.2, 0) is 4.74 Å². The number of ether oxygens (including phenoxy) is 1. The summed E-state index contributed by atoms with van der Waals surface area (Å²) >= 11 is 1.53. The Bertz CT molecular complexity index is 682. The Morgan fingerprint density at radius 1 is 1.09 bits per heavy atom. The molecule has 1 aliphatic heterocycles. The molecule has 1 fully saturated rings. The van der Waals surface area contributed by atoms with Gasteiger partial charge in [-0.05, 0) is 60.2 Å². The molecule has 1 aliphatic rings.